The number of nitrogens with zero attached hydrogens (tertiary/aromatic N) is 3. The number of carbonyl (C=O) groups excluding carboxylic acids is 1. The summed E-state index contributed by atoms with van der Waals surface area (Å²) in [5.74, 6) is -1.24. The van der Waals surface area contributed by atoms with Crippen LogP contribution in [0, 0.1) is 5.82 Å². The third-order valence-electron chi connectivity index (χ3n) is 4.92. The second-order valence-corrected chi connectivity index (χ2v) is 6.82. The fraction of sp³-hybridized carbons (Fsp3) is 0.286. The van der Waals surface area contributed by atoms with Gasteiger partial charge in [0.1, 0.15) is 5.82 Å². The Balaban J connectivity index is 1.75. The van der Waals surface area contributed by atoms with Crippen LogP contribution in [0.1, 0.15) is 30.9 Å². The van der Waals surface area contributed by atoms with E-state index < -0.39 is 17.6 Å². The van der Waals surface area contributed by atoms with Gasteiger partial charge in [-0.25, -0.2) is 9.18 Å². The average Bonchev–Trinajstić information content (AvgIpc) is 3.11. The maximum absolute atomic E-state index is 13.3. The van der Waals surface area contributed by atoms with Gasteiger partial charge in [0.2, 0.25) is 5.89 Å². The molecule has 3 aromatic rings. The van der Waals surface area contributed by atoms with Crippen molar-refractivity contribution in [3.05, 3.63) is 76.5 Å². The van der Waals surface area contributed by atoms with Gasteiger partial charge in [-0.1, -0.05) is 30.3 Å². The van der Waals surface area contributed by atoms with E-state index in [1.807, 2.05) is 18.2 Å². The van der Waals surface area contributed by atoms with E-state index in [1.54, 1.807) is 17.0 Å². The Morgan fingerprint density at radius 3 is 2.36 bits per heavy atom. The highest BCUT2D eigenvalue weighted by atomic mass is 19.1. The summed E-state index contributed by atoms with van der Waals surface area (Å²) in [7, 11) is 0. The zero-order valence-electron chi connectivity index (χ0n) is 15.3. The van der Waals surface area contributed by atoms with Gasteiger partial charge in [0.05, 0.1) is 0 Å². The maximum atomic E-state index is 13.3. The lowest BCUT2D eigenvalue weighted by atomic mass is 10.0. The van der Waals surface area contributed by atoms with E-state index >= 15 is 0 Å². The van der Waals surface area contributed by atoms with Gasteiger partial charge in [0.15, 0.2) is 6.04 Å². The maximum Gasteiger partial charge on any atom is 0.438 e. The highest BCUT2D eigenvalue weighted by Crippen LogP contribution is 2.23. The van der Waals surface area contributed by atoms with Gasteiger partial charge in [-0.3, -0.25) is 4.79 Å². The summed E-state index contributed by atoms with van der Waals surface area (Å²) in [6.45, 7) is 1.33. The molecular weight excluding hydrogens is 361 g/mol. The van der Waals surface area contributed by atoms with E-state index in [-0.39, 0.29) is 11.8 Å². The second kappa shape index (κ2) is 7.80. The number of amides is 1. The van der Waals surface area contributed by atoms with E-state index in [0.29, 0.717) is 24.2 Å². The van der Waals surface area contributed by atoms with Crippen molar-refractivity contribution in [2.24, 2.45) is 0 Å². The summed E-state index contributed by atoms with van der Waals surface area (Å²) in [5.41, 5.74) is 1.13. The molecule has 2 heterocycles. The van der Waals surface area contributed by atoms with Crippen LogP contribution in [0.15, 0.2) is 63.8 Å². The number of rotatable bonds is 4. The first-order chi connectivity index (χ1) is 13.6. The van der Waals surface area contributed by atoms with Gasteiger partial charge >= 0.3 is 5.76 Å². The van der Waals surface area contributed by atoms with E-state index in [0.717, 1.165) is 23.9 Å². The molecule has 0 radical (unpaired) electrons. The van der Waals surface area contributed by atoms with Crippen LogP contribution in [0.25, 0.3) is 11.5 Å². The molecule has 2 aromatic carbocycles. The minimum Gasteiger partial charge on any atom is -0.388 e. The summed E-state index contributed by atoms with van der Waals surface area (Å²) in [6.07, 6.45) is 2.99. The largest absolute Gasteiger partial charge is 0.438 e. The minimum absolute atomic E-state index is 0.0531. The molecule has 0 N–H and O–H groups in total. The normalized spacial score (nSPS) is 15.4. The highest BCUT2D eigenvalue weighted by Gasteiger charge is 2.31. The number of halogens is 1. The Morgan fingerprint density at radius 2 is 1.68 bits per heavy atom. The first kappa shape index (κ1) is 18.2. The molecule has 28 heavy (non-hydrogen) atoms. The molecular formula is C21H20FN3O3. The molecule has 1 aromatic heterocycles. The van der Waals surface area contributed by atoms with Crippen molar-refractivity contribution in [1.82, 2.24) is 14.7 Å². The van der Waals surface area contributed by atoms with Gasteiger partial charge in [-0.2, -0.15) is 4.68 Å². The second-order valence-electron chi connectivity index (χ2n) is 6.82. The van der Waals surface area contributed by atoms with Crippen LogP contribution < -0.4 is 5.76 Å². The van der Waals surface area contributed by atoms with Crippen LogP contribution in [0.5, 0.6) is 0 Å². The molecule has 0 bridgehead atoms. The topological polar surface area (TPSA) is 68.3 Å². The molecule has 1 aliphatic rings. The predicted molar refractivity (Wildman–Crippen MR) is 101 cm³/mol. The third kappa shape index (κ3) is 3.60. The monoisotopic (exact) mass is 381 g/mol. The van der Waals surface area contributed by atoms with Gasteiger partial charge in [0.25, 0.3) is 5.91 Å². The first-order valence-electron chi connectivity index (χ1n) is 9.33. The van der Waals surface area contributed by atoms with Crippen molar-refractivity contribution in [3.8, 4) is 11.5 Å². The van der Waals surface area contributed by atoms with Gasteiger partial charge in [-0.05, 0) is 49.1 Å². The van der Waals surface area contributed by atoms with Crippen LogP contribution >= 0.6 is 0 Å². The Bertz CT molecular complexity index is 1010. The summed E-state index contributed by atoms with van der Waals surface area (Å²) in [6, 6.07) is 13.7. The van der Waals surface area contributed by atoms with E-state index in [9.17, 15) is 14.0 Å². The van der Waals surface area contributed by atoms with Crippen LogP contribution in [0.2, 0.25) is 0 Å². The standard InChI is InChI=1S/C21H20FN3O3/c22-17-11-9-16(10-12-17)19-23-25(21(27)28-19)18(15-7-3-1-4-8-15)20(26)24-13-5-2-6-14-24/h1,3-4,7-12,18H,2,5-6,13-14H2. The van der Waals surface area contributed by atoms with Gasteiger partial charge < -0.3 is 9.32 Å². The molecule has 0 aliphatic carbocycles. The van der Waals surface area contributed by atoms with Crippen LogP contribution in [-0.4, -0.2) is 33.7 Å². The number of hydrogen-bond donors (Lipinski definition) is 0. The zero-order chi connectivity index (χ0) is 19.5. The molecule has 1 saturated heterocycles. The number of benzene rings is 2. The summed E-state index contributed by atoms with van der Waals surface area (Å²) >= 11 is 0. The Hall–Kier alpha value is -3.22. The van der Waals surface area contributed by atoms with Crippen LogP contribution in [0.3, 0.4) is 0 Å². The lowest BCUT2D eigenvalue weighted by Crippen LogP contribution is -2.43. The molecule has 4 rings (SSSR count). The van der Waals surface area contributed by atoms with Crippen molar-refractivity contribution in [2.45, 2.75) is 25.3 Å². The molecule has 1 fully saturated rings. The molecule has 1 amide bonds. The number of carbonyl (C=O) groups is 1. The summed E-state index contributed by atoms with van der Waals surface area (Å²) in [5, 5.41) is 4.27. The lowest BCUT2D eigenvalue weighted by molar-refractivity contribution is -0.134. The lowest BCUT2D eigenvalue weighted by Gasteiger charge is -2.30. The van der Waals surface area contributed by atoms with Gasteiger partial charge in [-0.15, -0.1) is 5.10 Å². The molecule has 7 heteroatoms. The fourth-order valence-corrected chi connectivity index (χ4v) is 3.47. The summed E-state index contributed by atoms with van der Waals surface area (Å²) < 4.78 is 19.6. The Kier molecular flexibility index (Phi) is 5.06. The number of likely N-dealkylation sites (tertiary alicyclic amines) is 1. The van der Waals surface area contributed by atoms with Crippen molar-refractivity contribution in [1.29, 1.82) is 0 Å². The zero-order valence-corrected chi connectivity index (χ0v) is 15.3. The van der Waals surface area contributed by atoms with Crippen LogP contribution in [-0.2, 0) is 4.79 Å². The Labute approximate surface area is 161 Å². The number of hydrogen-bond acceptors (Lipinski definition) is 4. The fourth-order valence-electron chi connectivity index (χ4n) is 3.47. The highest BCUT2D eigenvalue weighted by molar-refractivity contribution is 5.83. The van der Waals surface area contributed by atoms with Crippen molar-refractivity contribution >= 4 is 5.91 Å². The smallest absolute Gasteiger partial charge is 0.388 e. The third-order valence-corrected chi connectivity index (χ3v) is 4.92. The molecule has 1 atom stereocenters. The minimum atomic E-state index is -0.898. The molecule has 0 saturated carbocycles. The summed E-state index contributed by atoms with van der Waals surface area (Å²) in [4.78, 5) is 27.6. The average molecular weight is 381 g/mol. The molecule has 1 aliphatic heterocycles. The van der Waals surface area contributed by atoms with E-state index in [1.165, 1.54) is 24.3 Å². The SMILES string of the molecule is O=C(C(c1ccccc1)n1nc(-c2ccc(F)cc2)oc1=O)N1CCCCC1. The van der Waals surface area contributed by atoms with Crippen molar-refractivity contribution in [3.63, 3.8) is 0 Å². The predicted octanol–water partition coefficient (Wildman–Crippen LogP) is 3.24. The molecule has 1 unspecified atom stereocenters. The first-order valence-corrected chi connectivity index (χ1v) is 9.33. The quantitative estimate of drug-likeness (QED) is 0.696. The molecule has 6 nitrogen and oxygen atoms in total. The van der Waals surface area contributed by atoms with Crippen molar-refractivity contribution < 1.29 is 13.6 Å². The molecule has 144 valence electrons. The number of aromatic nitrogens is 2. The van der Waals surface area contributed by atoms with E-state index in [4.69, 9.17) is 4.42 Å². The molecule has 0 spiro atoms. The van der Waals surface area contributed by atoms with E-state index in [2.05, 4.69) is 5.10 Å². The van der Waals surface area contributed by atoms with Crippen LogP contribution in [0.4, 0.5) is 4.39 Å². The Morgan fingerprint density at radius 1 is 1.00 bits per heavy atom. The number of piperidine rings is 1. The van der Waals surface area contributed by atoms with Crippen molar-refractivity contribution in [2.75, 3.05) is 13.1 Å². The van der Waals surface area contributed by atoms with Gasteiger partial charge in [0, 0.05) is 18.7 Å².